The lowest BCUT2D eigenvalue weighted by molar-refractivity contribution is 0.667. The van der Waals surface area contributed by atoms with Crippen molar-refractivity contribution < 1.29 is 0 Å². The van der Waals surface area contributed by atoms with E-state index in [1.54, 1.807) is 0 Å². The van der Waals surface area contributed by atoms with Crippen molar-refractivity contribution >= 4 is 5.82 Å². The predicted molar refractivity (Wildman–Crippen MR) is 76.8 cm³/mol. The molecule has 1 aliphatic rings. The summed E-state index contributed by atoms with van der Waals surface area (Å²) in [5, 5.41) is 3.56. The number of hydrogen-bond donors (Lipinski definition) is 1. The maximum Gasteiger partial charge on any atom is 0.133 e. The summed E-state index contributed by atoms with van der Waals surface area (Å²) < 4.78 is 0. The van der Waals surface area contributed by atoms with E-state index < -0.39 is 0 Å². The van der Waals surface area contributed by atoms with Crippen LogP contribution in [0, 0.1) is 0 Å². The van der Waals surface area contributed by atoms with E-state index in [4.69, 9.17) is 0 Å². The maximum atomic E-state index is 4.56. The third-order valence-corrected chi connectivity index (χ3v) is 3.25. The zero-order valence-corrected chi connectivity index (χ0v) is 11.4. The van der Waals surface area contributed by atoms with Crippen molar-refractivity contribution in [1.29, 1.82) is 0 Å². The Morgan fingerprint density at radius 3 is 2.94 bits per heavy atom. The van der Waals surface area contributed by atoms with Gasteiger partial charge in [-0.25, -0.2) is 4.98 Å². The average molecular weight is 245 g/mol. The van der Waals surface area contributed by atoms with Gasteiger partial charge in [0.1, 0.15) is 5.82 Å². The van der Waals surface area contributed by atoms with Gasteiger partial charge in [0.2, 0.25) is 0 Å². The van der Waals surface area contributed by atoms with E-state index in [1.807, 2.05) is 18.3 Å². The van der Waals surface area contributed by atoms with Crippen LogP contribution >= 0.6 is 0 Å². The Labute approximate surface area is 110 Å². The summed E-state index contributed by atoms with van der Waals surface area (Å²) >= 11 is 0. The van der Waals surface area contributed by atoms with E-state index >= 15 is 0 Å². The van der Waals surface area contributed by atoms with E-state index in [0.29, 0.717) is 6.04 Å². The van der Waals surface area contributed by atoms with Crippen LogP contribution in [0.3, 0.4) is 0 Å². The molecule has 0 bridgehead atoms. The predicted octanol–water partition coefficient (Wildman–Crippen LogP) is 2.73. The number of anilines is 1. The van der Waals surface area contributed by atoms with Gasteiger partial charge in [-0.1, -0.05) is 12.1 Å². The van der Waals surface area contributed by atoms with E-state index in [2.05, 4.69) is 41.7 Å². The fourth-order valence-electron chi connectivity index (χ4n) is 2.05. The quantitative estimate of drug-likeness (QED) is 0.749. The lowest BCUT2D eigenvalue weighted by Gasteiger charge is -2.28. The Balaban J connectivity index is 2.14. The first kappa shape index (κ1) is 13.1. The Morgan fingerprint density at radius 2 is 2.33 bits per heavy atom. The van der Waals surface area contributed by atoms with Gasteiger partial charge >= 0.3 is 0 Å². The highest BCUT2D eigenvalue weighted by Gasteiger charge is 2.21. The highest BCUT2D eigenvalue weighted by molar-refractivity contribution is 5.48. The van der Waals surface area contributed by atoms with Crippen molar-refractivity contribution in [2.45, 2.75) is 45.3 Å². The van der Waals surface area contributed by atoms with E-state index in [1.165, 1.54) is 18.4 Å². The molecule has 1 fully saturated rings. The van der Waals surface area contributed by atoms with E-state index in [0.717, 1.165) is 24.9 Å². The Kier molecular flexibility index (Phi) is 4.37. The monoisotopic (exact) mass is 245 g/mol. The number of pyridine rings is 1. The van der Waals surface area contributed by atoms with Crippen LogP contribution in [-0.2, 0) is 6.54 Å². The SMILES string of the molecule is C=CCN(c1ncccc1CNC1CC1)C(C)C. The molecule has 1 saturated carbocycles. The van der Waals surface area contributed by atoms with Crippen LogP contribution in [0.2, 0.25) is 0 Å². The number of hydrogen-bond acceptors (Lipinski definition) is 3. The fraction of sp³-hybridized carbons (Fsp3) is 0.533. The van der Waals surface area contributed by atoms with Crippen LogP contribution < -0.4 is 10.2 Å². The van der Waals surface area contributed by atoms with Gasteiger partial charge < -0.3 is 10.2 Å². The highest BCUT2D eigenvalue weighted by atomic mass is 15.2. The van der Waals surface area contributed by atoms with Gasteiger partial charge in [0.05, 0.1) is 0 Å². The van der Waals surface area contributed by atoms with Gasteiger partial charge in [-0.05, 0) is 32.8 Å². The van der Waals surface area contributed by atoms with Gasteiger partial charge in [0.25, 0.3) is 0 Å². The van der Waals surface area contributed by atoms with E-state index in [-0.39, 0.29) is 0 Å². The number of nitrogens with zero attached hydrogens (tertiary/aromatic N) is 2. The summed E-state index contributed by atoms with van der Waals surface area (Å²) in [5.74, 6) is 1.08. The molecule has 1 aromatic heterocycles. The summed E-state index contributed by atoms with van der Waals surface area (Å²) in [6.45, 7) is 9.97. The van der Waals surface area contributed by atoms with Gasteiger partial charge in [0, 0.05) is 36.9 Å². The molecule has 0 spiro atoms. The van der Waals surface area contributed by atoms with Crippen molar-refractivity contribution in [2.24, 2.45) is 0 Å². The van der Waals surface area contributed by atoms with Gasteiger partial charge in [0.15, 0.2) is 0 Å². The molecule has 3 heteroatoms. The second kappa shape index (κ2) is 6.01. The van der Waals surface area contributed by atoms with Crippen LogP contribution in [0.4, 0.5) is 5.82 Å². The average Bonchev–Trinajstić information content (AvgIpc) is 3.18. The first-order valence-electron chi connectivity index (χ1n) is 6.77. The molecular weight excluding hydrogens is 222 g/mol. The van der Waals surface area contributed by atoms with E-state index in [9.17, 15) is 0 Å². The molecule has 3 nitrogen and oxygen atoms in total. The molecule has 0 amide bonds. The van der Waals surface area contributed by atoms with Crippen molar-refractivity contribution in [3.05, 3.63) is 36.5 Å². The first-order valence-corrected chi connectivity index (χ1v) is 6.77. The number of nitrogens with one attached hydrogen (secondary N) is 1. The minimum absolute atomic E-state index is 0.428. The van der Waals surface area contributed by atoms with Crippen molar-refractivity contribution in [1.82, 2.24) is 10.3 Å². The lowest BCUT2D eigenvalue weighted by atomic mass is 10.2. The normalized spacial score (nSPS) is 14.8. The Morgan fingerprint density at radius 1 is 1.56 bits per heavy atom. The molecule has 0 aliphatic heterocycles. The standard InChI is InChI=1S/C15H23N3/c1-4-10-18(12(2)3)15-13(6-5-9-16-15)11-17-14-7-8-14/h4-6,9,12,14,17H,1,7-8,10-11H2,2-3H3. The largest absolute Gasteiger partial charge is 0.350 e. The third kappa shape index (κ3) is 3.33. The van der Waals surface area contributed by atoms with Gasteiger partial charge in [-0.15, -0.1) is 6.58 Å². The molecule has 1 N–H and O–H groups in total. The van der Waals surface area contributed by atoms with Crippen LogP contribution in [0.15, 0.2) is 31.0 Å². The topological polar surface area (TPSA) is 28.2 Å². The summed E-state index contributed by atoms with van der Waals surface area (Å²) in [4.78, 5) is 6.84. The molecule has 98 valence electrons. The van der Waals surface area contributed by atoms with Crippen molar-refractivity contribution in [3.63, 3.8) is 0 Å². The van der Waals surface area contributed by atoms with Crippen LogP contribution in [0.5, 0.6) is 0 Å². The van der Waals surface area contributed by atoms with Gasteiger partial charge in [-0.3, -0.25) is 0 Å². The molecule has 18 heavy (non-hydrogen) atoms. The molecule has 0 atom stereocenters. The summed E-state index contributed by atoms with van der Waals surface area (Å²) in [6.07, 6.45) is 6.44. The molecule has 2 rings (SSSR count). The van der Waals surface area contributed by atoms with Gasteiger partial charge in [-0.2, -0.15) is 0 Å². The summed E-state index contributed by atoms with van der Waals surface area (Å²) in [5.41, 5.74) is 1.28. The molecule has 0 radical (unpaired) electrons. The Bertz CT molecular complexity index is 396. The Hall–Kier alpha value is -1.35. The molecule has 0 aromatic carbocycles. The molecule has 0 saturated heterocycles. The second-order valence-corrected chi connectivity index (χ2v) is 5.18. The highest BCUT2D eigenvalue weighted by Crippen LogP contribution is 2.23. The number of aromatic nitrogens is 1. The molecule has 1 aliphatic carbocycles. The van der Waals surface area contributed by atoms with Crippen LogP contribution in [-0.4, -0.2) is 23.6 Å². The first-order chi connectivity index (χ1) is 8.72. The summed E-state index contributed by atoms with van der Waals surface area (Å²) in [7, 11) is 0. The van der Waals surface area contributed by atoms with Crippen molar-refractivity contribution in [2.75, 3.05) is 11.4 Å². The maximum absolute atomic E-state index is 4.56. The number of rotatable bonds is 7. The minimum atomic E-state index is 0.428. The van der Waals surface area contributed by atoms with Crippen LogP contribution in [0.1, 0.15) is 32.3 Å². The second-order valence-electron chi connectivity index (χ2n) is 5.18. The fourth-order valence-corrected chi connectivity index (χ4v) is 2.05. The smallest absolute Gasteiger partial charge is 0.133 e. The summed E-state index contributed by atoms with van der Waals surface area (Å²) in [6, 6.07) is 5.33. The molecule has 1 aromatic rings. The molecule has 0 unspecified atom stereocenters. The van der Waals surface area contributed by atoms with Crippen LogP contribution in [0.25, 0.3) is 0 Å². The minimum Gasteiger partial charge on any atom is -0.350 e. The van der Waals surface area contributed by atoms with Crippen molar-refractivity contribution in [3.8, 4) is 0 Å². The molecular formula is C15H23N3. The lowest BCUT2D eigenvalue weighted by Crippen LogP contribution is -2.33. The zero-order valence-electron chi connectivity index (χ0n) is 11.4. The third-order valence-electron chi connectivity index (χ3n) is 3.25. The molecule has 1 heterocycles. The zero-order chi connectivity index (χ0) is 13.0.